The molecule has 2 aromatic carbocycles. The van der Waals surface area contributed by atoms with E-state index in [9.17, 15) is 9.59 Å². The van der Waals surface area contributed by atoms with Crippen LogP contribution in [0.2, 0.25) is 0 Å². The second kappa shape index (κ2) is 10.9. The number of carbonyl (C=O) groups excluding carboxylic acids is 1. The van der Waals surface area contributed by atoms with E-state index in [1.807, 2.05) is 18.2 Å². The number of H-pyrrole nitrogens is 1. The normalized spacial score (nSPS) is 10.5. The summed E-state index contributed by atoms with van der Waals surface area (Å²) in [7, 11) is 3.09. The first-order valence-electron chi connectivity index (χ1n) is 10.1. The van der Waals surface area contributed by atoms with E-state index in [1.165, 1.54) is 5.56 Å². The Bertz CT molecular complexity index is 1040. The van der Waals surface area contributed by atoms with Gasteiger partial charge in [0.2, 0.25) is 5.91 Å². The highest BCUT2D eigenvalue weighted by atomic mass is 16.5. The molecule has 0 radical (unpaired) electrons. The average molecular weight is 422 g/mol. The van der Waals surface area contributed by atoms with E-state index in [1.54, 1.807) is 32.4 Å². The van der Waals surface area contributed by atoms with Crippen LogP contribution in [0.5, 0.6) is 11.5 Å². The summed E-state index contributed by atoms with van der Waals surface area (Å²) in [5.41, 5.74) is 1.71. The first-order valence-corrected chi connectivity index (χ1v) is 10.1. The van der Waals surface area contributed by atoms with Gasteiger partial charge in [-0.3, -0.25) is 9.59 Å². The quantitative estimate of drug-likeness (QED) is 0.487. The maximum atomic E-state index is 12.4. The van der Waals surface area contributed by atoms with Crippen LogP contribution in [0.4, 0.5) is 0 Å². The van der Waals surface area contributed by atoms with Crippen molar-refractivity contribution < 1.29 is 14.3 Å². The second-order valence-corrected chi connectivity index (χ2v) is 6.99. The molecule has 3 aromatic rings. The molecule has 0 fully saturated rings. The summed E-state index contributed by atoms with van der Waals surface area (Å²) in [6.45, 7) is 0.590. The standard InChI is InChI=1S/C23H26N4O4/c1-30-18-13-17(14-19(15-18)31-2)22-25-23(29)20(26-27-22)10-11-21(28)24-12-6-9-16-7-4-3-5-8-16/h3-5,7-8,13-15H,6,9-12H2,1-2H3,(H,24,28)(H,25,27,29). The van der Waals surface area contributed by atoms with Gasteiger partial charge in [0.25, 0.3) is 5.56 Å². The van der Waals surface area contributed by atoms with Gasteiger partial charge in [-0.2, -0.15) is 0 Å². The number of carbonyl (C=O) groups is 1. The topological polar surface area (TPSA) is 106 Å². The zero-order valence-corrected chi connectivity index (χ0v) is 17.7. The molecule has 2 N–H and O–H groups in total. The lowest BCUT2D eigenvalue weighted by Crippen LogP contribution is -2.26. The lowest BCUT2D eigenvalue weighted by atomic mass is 10.1. The number of amides is 1. The summed E-state index contributed by atoms with van der Waals surface area (Å²) in [4.78, 5) is 27.2. The molecule has 0 unspecified atom stereocenters. The van der Waals surface area contributed by atoms with Crippen molar-refractivity contribution in [1.29, 1.82) is 0 Å². The number of aromatic amines is 1. The Morgan fingerprint density at radius 3 is 2.35 bits per heavy atom. The second-order valence-electron chi connectivity index (χ2n) is 6.99. The van der Waals surface area contributed by atoms with Crippen molar-refractivity contribution in [3.8, 4) is 22.9 Å². The van der Waals surface area contributed by atoms with Crippen molar-refractivity contribution >= 4 is 5.91 Å². The molecule has 0 atom stereocenters. The predicted molar refractivity (Wildman–Crippen MR) is 117 cm³/mol. The zero-order valence-electron chi connectivity index (χ0n) is 17.7. The monoisotopic (exact) mass is 422 g/mol. The number of nitrogens with one attached hydrogen (secondary N) is 2. The molecule has 8 nitrogen and oxygen atoms in total. The number of ether oxygens (including phenoxy) is 2. The summed E-state index contributed by atoms with van der Waals surface area (Å²) in [5.74, 6) is 1.34. The van der Waals surface area contributed by atoms with Gasteiger partial charge in [-0.05, 0) is 30.5 Å². The first-order chi connectivity index (χ1) is 15.1. The maximum absolute atomic E-state index is 12.4. The molecule has 3 rings (SSSR count). The number of aryl methyl sites for hydroxylation is 2. The van der Waals surface area contributed by atoms with E-state index in [0.717, 1.165) is 12.8 Å². The molecule has 1 heterocycles. The van der Waals surface area contributed by atoms with Crippen LogP contribution in [0.25, 0.3) is 11.4 Å². The number of hydrogen-bond acceptors (Lipinski definition) is 6. The van der Waals surface area contributed by atoms with Crippen LogP contribution in [0.15, 0.2) is 53.3 Å². The van der Waals surface area contributed by atoms with Gasteiger partial charge in [-0.25, -0.2) is 0 Å². The summed E-state index contributed by atoms with van der Waals surface area (Å²) in [5, 5.41) is 11.0. The molecule has 0 bridgehead atoms. The Kier molecular flexibility index (Phi) is 7.75. The van der Waals surface area contributed by atoms with Crippen molar-refractivity contribution in [3.05, 3.63) is 70.1 Å². The van der Waals surface area contributed by atoms with Gasteiger partial charge in [-0.15, -0.1) is 10.2 Å². The molecule has 8 heteroatoms. The Labute approximate surface area is 180 Å². The lowest BCUT2D eigenvalue weighted by Gasteiger charge is -2.08. The summed E-state index contributed by atoms with van der Waals surface area (Å²) < 4.78 is 10.5. The molecule has 0 aliphatic carbocycles. The minimum Gasteiger partial charge on any atom is -0.497 e. The number of benzene rings is 2. The van der Waals surface area contributed by atoms with Crippen molar-refractivity contribution in [2.24, 2.45) is 0 Å². The van der Waals surface area contributed by atoms with Gasteiger partial charge < -0.3 is 19.8 Å². The van der Waals surface area contributed by atoms with E-state index in [4.69, 9.17) is 9.47 Å². The van der Waals surface area contributed by atoms with Crippen LogP contribution in [0.3, 0.4) is 0 Å². The van der Waals surface area contributed by atoms with E-state index in [-0.39, 0.29) is 30.0 Å². The molecule has 0 spiro atoms. The van der Waals surface area contributed by atoms with Crippen molar-refractivity contribution in [2.75, 3.05) is 20.8 Å². The Morgan fingerprint density at radius 1 is 1.00 bits per heavy atom. The predicted octanol–water partition coefficient (Wildman–Crippen LogP) is 2.53. The third-order valence-corrected chi connectivity index (χ3v) is 4.79. The first kappa shape index (κ1) is 22.0. The van der Waals surface area contributed by atoms with Crippen molar-refractivity contribution in [1.82, 2.24) is 20.5 Å². The number of methoxy groups -OCH3 is 2. The number of aromatic nitrogens is 3. The van der Waals surface area contributed by atoms with Crippen LogP contribution in [0.1, 0.15) is 24.1 Å². The van der Waals surface area contributed by atoms with Gasteiger partial charge in [0.15, 0.2) is 5.82 Å². The number of rotatable bonds is 10. The highest BCUT2D eigenvalue weighted by Crippen LogP contribution is 2.27. The lowest BCUT2D eigenvalue weighted by molar-refractivity contribution is -0.121. The zero-order chi connectivity index (χ0) is 22.1. The average Bonchev–Trinajstić information content (AvgIpc) is 2.81. The van der Waals surface area contributed by atoms with Gasteiger partial charge in [0.1, 0.15) is 17.2 Å². The molecular weight excluding hydrogens is 396 g/mol. The highest BCUT2D eigenvalue weighted by Gasteiger charge is 2.11. The fraction of sp³-hybridized carbons (Fsp3) is 0.304. The molecule has 0 saturated heterocycles. The number of hydrogen-bond donors (Lipinski definition) is 2. The smallest absolute Gasteiger partial charge is 0.273 e. The van der Waals surface area contributed by atoms with Gasteiger partial charge in [0, 0.05) is 31.0 Å². The van der Waals surface area contributed by atoms with Gasteiger partial charge in [-0.1, -0.05) is 30.3 Å². The van der Waals surface area contributed by atoms with E-state index < -0.39 is 0 Å². The molecule has 0 aliphatic heterocycles. The summed E-state index contributed by atoms with van der Waals surface area (Å²) >= 11 is 0. The third kappa shape index (κ3) is 6.40. The molecule has 162 valence electrons. The Balaban J connectivity index is 1.52. The molecule has 0 aliphatic rings. The Hall–Kier alpha value is -3.68. The molecule has 0 saturated carbocycles. The van der Waals surface area contributed by atoms with E-state index in [2.05, 4.69) is 32.6 Å². The number of nitrogens with zero attached hydrogens (tertiary/aromatic N) is 2. The SMILES string of the molecule is COc1cc(OC)cc(-c2nnc(CCC(=O)NCCCc3ccccc3)c(=O)[nH]2)c1. The molecule has 31 heavy (non-hydrogen) atoms. The molecule has 1 aromatic heterocycles. The van der Waals surface area contributed by atoms with Crippen LogP contribution >= 0.6 is 0 Å². The summed E-state index contributed by atoms with van der Waals surface area (Å²) in [6, 6.07) is 15.3. The minimum atomic E-state index is -0.372. The van der Waals surface area contributed by atoms with Crippen molar-refractivity contribution in [3.63, 3.8) is 0 Å². The van der Waals surface area contributed by atoms with E-state index in [0.29, 0.717) is 29.4 Å². The minimum absolute atomic E-state index is 0.115. The largest absolute Gasteiger partial charge is 0.497 e. The fourth-order valence-corrected chi connectivity index (χ4v) is 3.08. The van der Waals surface area contributed by atoms with Gasteiger partial charge >= 0.3 is 0 Å². The summed E-state index contributed by atoms with van der Waals surface area (Å²) in [6.07, 6.45) is 2.15. The molecular formula is C23H26N4O4. The Morgan fingerprint density at radius 2 is 1.71 bits per heavy atom. The van der Waals surface area contributed by atoms with Crippen LogP contribution in [0, 0.1) is 0 Å². The maximum Gasteiger partial charge on any atom is 0.273 e. The van der Waals surface area contributed by atoms with Crippen LogP contribution < -0.4 is 20.3 Å². The molecule has 1 amide bonds. The van der Waals surface area contributed by atoms with Crippen molar-refractivity contribution in [2.45, 2.75) is 25.7 Å². The van der Waals surface area contributed by atoms with Crippen LogP contribution in [-0.2, 0) is 17.6 Å². The third-order valence-electron chi connectivity index (χ3n) is 4.79. The highest BCUT2D eigenvalue weighted by molar-refractivity contribution is 5.76. The van der Waals surface area contributed by atoms with Crippen LogP contribution in [-0.4, -0.2) is 41.9 Å². The fourth-order valence-electron chi connectivity index (χ4n) is 3.08. The van der Waals surface area contributed by atoms with E-state index >= 15 is 0 Å². The van der Waals surface area contributed by atoms with Gasteiger partial charge in [0.05, 0.1) is 14.2 Å².